The molecule has 8 heteroatoms. The van der Waals surface area contributed by atoms with E-state index < -0.39 is 12.3 Å². The summed E-state index contributed by atoms with van der Waals surface area (Å²) < 4.78 is 15.3. The van der Waals surface area contributed by atoms with E-state index in [9.17, 15) is 9.59 Å². The quantitative estimate of drug-likeness (QED) is 0.700. The SMILES string of the molecule is CCOC(=O)OC1CC2CN(OC(=O)OCC)CC2N1Cc1ccccc1. The lowest BCUT2D eigenvalue weighted by atomic mass is 10.0. The van der Waals surface area contributed by atoms with Crippen LogP contribution < -0.4 is 0 Å². The van der Waals surface area contributed by atoms with E-state index in [1.807, 2.05) is 30.3 Å². The van der Waals surface area contributed by atoms with Crippen molar-refractivity contribution in [2.45, 2.75) is 39.1 Å². The highest BCUT2D eigenvalue weighted by Gasteiger charge is 2.49. The first-order chi connectivity index (χ1) is 13.1. The minimum Gasteiger partial charge on any atom is -0.435 e. The molecule has 2 saturated heterocycles. The summed E-state index contributed by atoms with van der Waals surface area (Å²) in [5.74, 6) is 0.225. The third-order valence-electron chi connectivity index (χ3n) is 4.84. The summed E-state index contributed by atoms with van der Waals surface area (Å²) in [5.41, 5.74) is 1.13. The van der Waals surface area contributed by atoms with Gasteiger partial charge in [0.15, 0.2) is 6.23 Å². The molecule has 0 spiro atoms. The molecule has 2 heterocycles. The van der Waals surface area contributed by atoms with Crippen molar-refractivity contribution >= 4 is 12.3 Å². The number of carbonyl (C=O) groups is 2. The lowest BCUT2D eigenvalue weighted by Crippen LogP contribution is -2.42. The fourth-order valence-corrected chi connectivity index (χ4v) is 3.75. The van der Waals surface area contributed by atoms with Gasteiger partial charge >= 0.3 is 12.3 Å². The first-order valence-corrected chi connectivity index (χ1v) is 9.33. The third-order valence-corrected chi connectivity index (χ3v) is 4.84. The maximum atomic E-state index is 11.8. The minimum absolute atomic E-state index is 0.110. The molecular formula is C19H26N2O6. The molecular weight excluding hydrogens is 352 g/mol. The number of fused-ring (bicyclic) bond motifs is 1. The predicted molar refractivity (Wildman–Crippen MR) is 95.5 cm³/mol. The summed E-state index contributed by atoms with van der Waals surface area (Å²) in [4.78, 5) is 30.8. The molecule has 3 rings (SSSR count). The zero-order valence-electron chi connectivity index (χ0n) is 15.7. The van der Waals surface area contributed by atoms with E-state index in [1.165, 1.54) is 0 Å². The highest BCUT2D eigenvalue weighted by Crippen LogP contribution is 2.37. The smallest absolute Gasteiger partial charge is 0.435 e. The number of hydrogen-bond donors (Lipinski definition) is 0. The highest BCUT2D eigenvalue weighted by molar-refractivity contribution is 5.60. The molecule has 0 radical (unpaired) electrons. The Hall–Kier alpha value is -2.32. The number of hydroxylamine groups is 2. The van der Waals surface area contributed by atoms with E-state index in [2.05, 4.69) is 4.90 Å². The van der Waals surface area contributed by atoms with Crippen molar-refractivity contribution in [3.63, 3.8) is 0 Å². The van der Waals surface area contributed by atoms with Gasteiger partial charge in [0.05, 0.1) is 19.8 Å². The van der Waals surface area contributed by atoms with Crippen molar-refractivity contribution < 1.29 is 28.6 Å². The van der Waals surface area contributed by atoms with Gasteiger partial charge in [-0.15, -0.1) is 5.06 Å². The van der Waals surface area contributed by atoms with Crippen molar-refractivity contribution in [3.8, 4) is 0 Å². The summed E-state index contributed by atoms with van der Waals surface area (Å²) in [6, 6.07) is 10.1. The maximum Gasteiger partial charge on any atom is 0.527 e. The van der Waals surface area contributed by atoms with E-state index in [1.54, 1.807) is 18.9 Å². The Morgan fingerprint density at radius 2 is 1.74 bits per heavy atom. The highest BCUT2D eigenvalue weighted by atomic mass is 16.8. The Labute approximate surface area is 158 Å². The van der Waals surface area contributed by atoms with Crippen molar-refractivity contribution in [2.24, 2.45) is 5.92 Å². The number of benzene rings is 1. The molecule has 2 fully saturated rings. The zero-order chi connectivity index (χ0) is 19.2. The van der Waals surface area contributed by atoms with Crippen LogP contribution in [0.1, 0.15) is 25.8 Å². The van der Waals surface area contributed by atoms with Crippen LogP contribution in [0.25, 0.3) is 0 Å². The molecule has 1 aromatic carbocycles. The fourth-order valence-electron chi connectivity index (χ4n) is 3.75. The lowest BCUT2D eigenvalue weighted by molar-refractivity contribution is -0.125. The van der Waals surface area contributed by atoms with Gasteiger partial charge in [-0.05, 0) is 25.3 Å². The largest absolute Gasteiger partial charge is 0.527 e. The molecule has 3 unspecified atom stereocenters. The molecule has 148 valence electrons. The van der Waals surface area contributed by atoms with E-state index in [0.29, 0.717) is 26.1 Å². The van der Waals surface area contributed by atoms with E-state index in [0.717, 1.165) is 5.56 Å². The van der Waals surface area contributed by atoms with Crippen LogP contribution in [-0.2, 0) is 25.6 Å². The van der Waals surface area contributed by atoms with E-state index in [-0.39, 0.29) is 31.4 Å². The summed E-state index contributed by atoms with van der Waals surface area (Å²) in [6.07, 6.45) is -1.03. The summed E-state index contributed by atoms with van der Waals surface area (Å²) in [6.45, 7) is 5.79. The molecule has 3 atom stereocenters. The second kappa shape index (κ2) is 9.05. The van der Waals surface area contributed by atoms with Crippen LogP contribution in [0.15, 0.2) is 30.3 Å². The molecule has 8 nitrogen and oxygen atoms in total. The third kappa shape index (κ3) is 4.90. The molecule has 0 bridgehead atoms. The molecule has 0 N–H and O–H groups in total. The molecule has 0 aromatic heterocycles. The molecule has 0 amide bonds. The van der Waals surface area contributed by atoms with Crippen molar-refractivity contribution in [1.82, 2.24) is 9.96 Å². The predicted octanol–water partition coefficient (Wildman–Crippen LogP) is 2.78. The van der Waals surface area contributed by atoms with Crippen molar-refractivity contribution in [3.05, 3.63) is 35.9 Å². The van der Waals surface area contributed by atoms with Crippen molar-refractivity contribution in [2.75, 3.05) is 26.3 Å². The van der Waals surface area contributed by atoms with Crippen LogP contribution >= 0.6 is 0 Å². The number of ether oxygens (including phenoxy) is 3. The average Bonchev–Trinajstić information content (AvgIpc) is 3.15. The Kier molecular flexibility index (Phi) is 6.52. The van der Waals surface area contributed by atoms with Crippen molar-refractivity contribution in [1.29, 1.82) is 0 Å². The Morgan fingerprint density at radius 1 is 1.04 bits per heavy atom. The van der Waals surface area contributed by atoms with Gasteiger partial charge in [0.25, 0.3) is 0 Å². The minimum atomic E-state index is -0.689. The van der Waals surface area contributed by atoms with Gasteiger partial charge in [-0.1, -0.05) is 30.3 Å². The summed E-state index contributed by atoms with van der Waals surface area (Å²) in [5, 5.41) is 1.63. The zero-order valence-corrected chi connectivity index (χ0v) is 15.7. The van der Waals surface area contributed by atoms with Crippen LogP contribution in [0.5, 0.6) is 0 Å². The van der Waals surface area contributed by atoms with Gasteiger partial charge < -0.3 is 19.0 Å². The maximum absolute atomic E-state index is 11.8. The second-order valence-electron chi connectivity index (χ2n) is 6.60. The van der Waals surface area contributed by atoms with Crippen LogP contribution in [0.4, 0.5) is 9.59 Å². The number of rotatable bonds is 6. The Balaban J connectivity index is 1.67. The molecule has 2 aliphatic heterocycles. The molecule has 2 aliphatic rings. The van der Waals surface area contributed by atoms with Crippen LogP contribution in [0, 0.1) is 5.92 Å². The molecule has 0 aliphatic carbocycles. The van der Waals surface area contributed by atoms with Gasteiger partial charge in [0, 0.05) is 25.6 Å². The fraction of sp³-hybridized carbons (Fsp3) is 0.579. The standard InChI is InChI=1S/C19H26N2O6/c1-3-24-18(22)26-17-10-15-12-20(27-19(23)25-4-2)13-16(15)21(17)11-14-8-6-5-7-9-14/h5-9,15-17H,3-4,10-13H2,1-2H3. The van der Waals surface area contributed by atoms with Gasteiger partial charge in [0.2, 0.25) is 0 Å². The summed E-state index contributed by atoms with van der Waals surface area (Å²) >= 11 is 0. The van der Waals surface area contributed by atoms with E-state index in [4.69, 9.17) is 19.0 Å². The normalized spacial score (nSPS) is 25.0. The number of carbonyl (C=O) groups excluding carboxylic acids is 2. The lowest BCUT2D eigenvalue weighted by Gasteiger charge is -2.29. The second-order valence-corrected chi connectivity index (χ2v) is 6.60. The molecule has 27 heavy (non-hydrogen) atoms. The van der Waals surface area contributed by atoms with Crippen LogP contribution in [0.2, 0.25) is 0 Å². The van der Waals surface area contributed by atoms with Gasteiger partial charge in [-0.3, -0.25) is 4.90 Å². The Morgan fingerprint density at radius 3 is 2.44 bits per heavy atom. The summed E-state index contributed by atoms with van der Waals surface area (Å²) in [7, 11) is 0. The molecule has 1 aromatic rings. The van der Waals surface area contributed by atoms with E-state index >= 15 is 0 Å². The molecule has 0 saturated carbocycles. The number of likely N-dealkylation sites (tertiary alicyclic amines) is 1. The van der Waals surface area contributed by atoms with Gasteiger partial charge in [0.1, 0.15) is 0 Å². The van der Waals surface area contributed by atoms with Crippen LogP contribution in [-0.4, -0.2) is 60.8 Å². The first-order valence-electron chi connectivity index (χ1n) is 9.33. The topological polar surface area (TPSA) is 77.5 Å². The average molecular weight is 378 g/mol. The number of hydrogen-bond acceptors (Lipinski definition) is 8. The Bertz CT molecular complexity index is 640. The monoisotopic (exact) mass is 378 g/mol. The number of nitrogens with zero attached hydrogens (tertiary/aromatic N) is 2. The van der Waals surface area contributed by atoms with Gasteiger partial charge in [-0.25, -0.2) is 9.59 Å². The first kappa shape index (κ1) is 19.4. The van der Waals surface area contributed by atoms with Crippen LogP contribution in [0.3, 0.4) is 0 Å². The van der Waals surface area contributed by atoms with Gasteiger partial charge in [-0.2, -0.15) is 0 Å².